The number of esters is 1. The van der Waals surface area contributed by atoms with Crippen molar-refractivity contribution in [2.45, 2.75) is 20.5 Å². The smallest absolute Gasteiger partial charge is 0.356 e. The van der Waals surface area contributed by atoms with Gasteiger partial charge in [0.05, 0.1) is 19.8 Å². The lowest BCUT2D eigenvalue weighted by Gasteiger charge is -2.09. The van der Waals surface area contributed by atoms with Crippen molar-refractivity contribution in [2.75, 3.05) is 14.2 Å². The van der Waals surface area contributed by atoms with Crippen molar-refractivity contribution in [3.63, 3.8) is 0 Å². The molecule has 0 N–H and O–H groups in total. The summed E-state index contributed by atoms with van der Waals surface area (Å²) in [5.41, 5.74) is 3.25. The molecule has 0 saturated carbocycles. The van der Waals surface area contributed by atoms with E-state index in [0.717, 1.165) is 16.8 Å². The van der Waals surface area contributed by atoms with Gasteiger partial charge in [0.15, 0.2) is 5.69 Å². The number of carbonyl (C=O) groups excluding carboxylic acids is 1. The molecule has 140 valence electrons. The molecular formula is C19H19N3O5. The summed E-state index contributed by atoms with van der Waals surface area (Å²) in [7, 11) is 2.78. The van der Waals surface area contributed by atoms with Gasteiger partial charge in [0, 0.05) is 29.6 Å². The number of aromatic nitrogens is 3. The second-order valence-corrected chi connectivity index (χ2v) is 5.76. The standard InChI is InChI=1S/C19H19N3O5/c1-11-5-6-13(9-20-11)18-15(12(2)27-22-18)10-26-17-8-14(24-3)7-16(21-17)19(23)25-4/h5-9H,10H2,1-4H3. The van der Waals surface area contributed by atoms with E-state index >= 15 is 0 Å². The Hall–Kier alpha value is -3.42. The van der Waals surface area contributed by atoms with Crippen LogP contribution in [-0.4, -0.2) is 35.3 Å². The largest absolute Gasteiger partial charge is 0.496 e. The average molecular weight is 369 g/mol. The summed E-state index contributed by atoms with van der Waals surface area (Å²) in [6.07, 6.45) is 1.73. The predicted molar refractivity (Wildman–Crippen MR) is 95.7 cm³/mol. The SMILES string of the molecule is COC(=O)c1cc(OC)cc(OCc2c(-c3ccc(C)nc3)noc2C)n1. The van der Waals surface area contributed by atoms with Crippen molar-refractivity contribution < 1.29 is 23.5 Å². The maximum atomic E-state index is 11.8. The highest BCUT2D eigenvalue weighted by molar-refractivity contribution is 5.87. The van der Waals surface area contributed by atoms with E-state index in [1.165, 1.54) is 20.3 Å². The van der Waals surface area contributed by atoms with Gasteiger partial charge in [-0.2, -0.15) is 0 Å². The van der Waals surface area contributed by atoms with Crippen LogP contribution in [0.3, 0.4) is 0 Å². The van der Waals surface area contributed by atoms with Crippen LogP contribution >= 0.6 is 0 Å². The number of aryl methyl sites for hydroxylation is 2. The normalized spacial score (nSPS) is 10.5. The molecule has 0 aromatic carbocycles. The van der Waals surface area contributed by atoms with E-state index in [2.05, 4.69) is 15.1 Å². The first-order valence-corrected chi connectivity index (χ1v) is 8.17. The number of hydrogen-bond acceptors (Lipinski definition) is 8. The molecule has 8 nitrogen and oxygen atoms in total. The lowest BCUT2D eigenvalue weighted by Crippen LogP contribution is -2.07. The van der Waals surface area contributed by atoms with E-state index in [1.807, 2.05) is 19.1 Å². The lowest BCUT2D eigenvalue weighted by molar-refractivity contribution is 0.0592. The highest BCUT2D eigenvalue weighted by atomic mass is 16.5. The quantitative estimate of drug-likeness (QED) is 0.612. The zero-order valence-electron chi connectivity index (χ0n) is 15.5. The van der Waals surface area contributed by atoms with Gasteiger partial charge in [0.25, 0.3) is 0 Å². The first-order valence-electron chi connectivity index (χ1n) is 8.17. The van der Waals surface area contributed by atoms with Gasteiger partial charge in [-0.3, -0.25) is 4.98 Å². The highest BCUT2D eigenvalue weighted by Gasteiger charge is 2.17. The third-order valence-corrected chi connectivity index (χ3v) is 3.94. The van der Waals surface area contributed by atoms with Crippen LogP contribution in [0, 0.1) is 13.8 Å². The zero-order chi connectivity index (χ0) is 19.4. The van der Waals surface area contributed by atoms with Crippen molar-refractivity contribution in [1.29, 1.82) is 0 Å². The van der Waals surface area contributed by atoms with Crippen LogP contribution in [-0.2, 0) is 11.3 Å². The number of nitrogens with zero attached hydrogens (tertiary/aromatic N) is 3. The number of methoxy groups -OCH3 is 2. The Kier molecular flexibility index (Phi) is 5.35. The predicted octanol–water partition coefficient (Wildman–Crippen LogP) is 3.12. The Morgan fingerprint density at radius 3 is 2.67 bits per heavy atom. The summed E-state index contributed by atoms with van der Waals surface area (Å²) in [5, 5.41) is 4.11. The van der Waals surface area contributed by atoms with E-state index in [4.69, 9.17) is 18.7 Å². The van der Waals surface area contributed by atoms with Gasteiger partial charge in [0.1, 0.15) is 23.8 Å². The van der Waals surface area contributed by atoms with E-state index < -0.39 is 5.97 Å². The molecule has 0 saturated heterocycles. The van der Waals surface area contributed by atoms with Crippen molar-refractivity contribution in [3.05, 3.63) is 53.2 Å². The van der Waals surface area contributed by atoms with Crippen LogP contribution in [0.15, 0.2) is 35.0 Å². The molecule has 0 atom stereocenters. The van der Waals surface area contributed by atoms with Gasteiger partial charge < -0.3 is 18.7 Å². The van der Waals surface area contributed by atoms with Gasteiger partial charge in [-0.05, 0) is 26.0 Å². The molecule has 8 heteroatoms. The van der Waals surface area contributed by atoms with Crippen LogP contribution < -0.4 is 9.47 Å². The summed E-state index contributed by atoms with van der Waals surface area (Å²) in [6, 6.07) is 6.88. The molecule has 0 unspecified atom stereocenters. The molecule has 0 amide bonds. The molecule has 0 spiro atoms. The van der Waals surface area contributed by atoms with Crippen molar-refractivity contribution in [1.82, 2.24) is 15.1 Å². The van der Waals surface area contributed by atoms with Crippen LogP contribution in [0.2, 0.25) is 0 Å². The van der Waals surface area contributed by atoms with Crippen LogP contribution in [0.1, 0.15) is 27.5 Å². The number of pyridine rings is 2. The fraction of sp³-hybridized carbons (Fsp3) is 0.263. The minimum Gasteiger partial charge on any atom is -0.496 e. The zero-order valence-corrected chi connectivity index (χ0v) is 15.5. The third kappa shape index (κ3) is 4.05. The maximum Gasteiger partial charge on any atom is 0.356 e. The Bertz CT molecular complexity index is 950. The fourth-order valence-corrected chi connectivity index (χ4v) is 2.42. The summed E-state index contributed by atoms with van der Waals surface area (Å²) >= 11 is 0. The number of ether oxygens (including phenoxy) is 3. The van der Waals surface area contributed by atoms with Gasteiger partial charge >= 0.3 is 5.97 Å². The highest BCUT2D eigenvalue weighted by Crippen LogP contribution is 2.27. The Morgan fingerprint density at radius 2 is 2.00 bits per heavy atom. The van der Waals surface area contributed by atoms with Crippen LogP contribution in [0.5, 0.6) is 11.6 Å². The third-order valence-electron chi connectivity index (χ3n) is 3.94. The average Bonchev–Trinajstić information content (AvgIpc) is 3.06. The molecule has 0 aliphatic rings. The Balaban J connectivity index is 1.86. The monoisotopic (exact) mass is 369 g/mol. The van der Waals surface area contributed by atoms with Crippen LogP contribution in [0.25, 0.3) is 11.3 Å². The first-order chi connectivity index (χ1) is 13.0. The Morgan fingerprint density at radius 1 is 1.19 bits per heavy atom. The van der Waals surface area contributed by atoms with Crippen LogP contribution in [0.4, 0.5) is 0 Å². The minimum absolute atomic E-state index is 0.0943. The Labute approximate surface area is 156 Å². The van der Waals surface area contributed by atoms with Gasteiger partial charge in [-0.1, -0.05) is 5.16 Å². The second kappa shape index (κ2) is 7.86. The molecule has 0 aliphatic carbocycles. The topological polar surface area (TPSA) is 96.6 Å². The van der Waals surface area contributed by atoms with Gasteiger partial charge in [-0.15, -0.1) is 0 Å². The van der Waals surface area contributed by atoms with Gasteiger partial charge in [-0.25, -0.2) is 9.78 Å². The molecular weight excluding hydrogens is 350 g/mol. The summed E-state index contributed by atoms with van der Waals surface area (Å²) in [5.74, 6) is 0.710. The molecule has 27 heavy (non-hydrogen) atoms. The van der Waals surface area contributed by atoms with Crippen molar-refractivity contribution in [2.24, 2.45) is 0 Å². The second-order valence-electron chi connectivity index (χ2n) is 5.76. The van der Waals surface area contributed by atoms with Crippen molar-refractivity contribution >= 4 is 5.97 Å². The summed E-state index contributed by atoms with van der Waals surface area (Å²) < 4.78 is 21.0. The van der Waals surface area contributed by atoms with Gasteiger partial charge in [0.2, 0.25) is 5.88 Å². The van der Waals surface area contributed by atoms with E-state index in [-0.39, 0.29) is 18.2 Å². The number of rotatable bonds is 6. The summed E-state index contributed by atoms with van der Waals surface area (Å²) in [4.78, 5) is 20.2. The van der Waals surface area contributed by atoms with E-state index in [9.17, 15) is 4.79 Å². The molecule has 0 aliphatic heterocycles. The van der Waals surface area contributed by atoms with Crippen molar-refractivity contribution in [3.8, 4) is 22.9 Å². The minimum atomic E-state index is -0.577. The molecule has 3 aromatic rings. The molecule has 3 heterocycles. The maximum absolute atomic E-state index is 11.8. The van der Waals surface area contributed by atoms with E-state index in [0.29, 0.717) is 17.2 Å². The number of carbonyl (C=O) groups is 1. The molecule has 0 bridgehead atoms. The molecule has 3 rings (SSSR count). The lowest BCUT2D eigenvalue weighted by atomic mass is 10.1. The van der Waals surface area contributed by atoms with E-state index in [1.54, 1.807) is 19.2 Å². The molecule has 0 fully saturated rings. The first kappa shape index (κ1) is 18.4. The number of hydrogen-bond donors (Lipinski definition) is 0. The summed E-state index contributed by atoms with van der Waals surface area (Å²) in [6.45, 7) is 3.87. The fourth-order valence-electron chi connectivity index (χ4n) is 2.42. The molecule has 0 radical (unpaired) electrons. The molecule has 3 aromatic heterocycles.